The van der Waals surface area contributed by atoms with Crippen LogP contribution >= 0.6 is 0 Å². The predicted octanol–water partition coefficient (Wildman–Crippen LogP) is 2.39. The molecule has 0 saturated carbocycles. The van der Waals surface area contributed by atoms with E-state index in [4.69, 9.17) is 9.47 Å². The second kappa shape index (κ2) is 6.91. The molecule has 1 aromatic carbocycles. The number of hydrogen-bond acceptors (Lipinski definition) is 2. The molecular weight excluding hydrogens is 261 g/mol. The summed E-state index contributed by atoms with van der Waals surface area (Å²) in [7, 11) is 0.0402. The molecule has 2 radical (unpaired) electrons. The number of rotatable bonds is 6. The molecule has 0 atom stereocenters. The van der Waals surface area contributed by atoms with Crippen LogP contribution in [0, 0.1) is 0 Å². The topological polar surface area (TPSA) is 18.5 Å². The normalized spacial score (nSPS) is 12.1. The first-order valence-electron chi connectivity index (χ1n) is 5.64. The van der Waals surface area contributed by atoms with Crippen molar-refractivity contribution in [3.8, 4) is 0 Å². The first kappa shape index (κ1) is 15.2. The predicted molar refractivity (Wildman–Crippen MR) is 63.9 cm³/mol. The van der Waals surface area contributed by atoms with E-state index in [0.717, 1.165) is 12.1 Å². The van der Waals surface area contributed by atoms with Crippen LogP contribution < -0.4 is 5.19 Å². The van der Waals surface area contributed by atoms with Crippen molar-refractivity contribution in [1.82, 2.24) is 0 Å². The number of halogens is 3. The van der Waals surface area contributed by atoms with Crippen LogP contribution in [0.25, 0.3) is 0 Å². The minimum Gasteiger partial charge on any atom is -0.357 e. The summed E-state index contributed by atoms with van der Waals surface area (Å²) in [6.45, 7) is 4.58. The zero-order valence-electron chi connectivity index (χ0n) is 10.3. The van der Waals surface area contributed by atoms with Crippen molar-refractivity contribution in [1.29, 1.82) is 0 Å². The SMILES string of the molecule is CCOC(OCC)[Si]c1cccc(C(F)(F)F)c1. The average molecular weight is 276 g/mol. The van der Waals surface area contributed by atoms with Gasteiger partial charge in [0.1, 0.15) is 5.91 Å². The summed E-state index contributed by atoms with van der Waals surface area (Å²) in [6, 6.07) is 5.26. The van der Waals surface area contributed by atoms with Gasteiger partial charge in [-0.05, 0) is 13.8 Å². The summed E-state index contributed by atoms with van der Waals surface area (Å²) >= 11 is 0. The van der Waals surface area contributed by atoms with Crippen LogP contribution in [0.15, 0.2) is 24.3 Å². The van der Waals surface area contributed by atoms with Crippen LogP contribution in [-0.2, 0) is 15.7 Å². The lowest BCUT2D eigenvalue weighted by Crippen LogP contribution is -2.33. The van der Waals surface area contributed by atoms with E-state index in [2.05, 4.69) is 0 Å². The maximum Gasteiger partial charge on any atom is 0.416 e. The van der Waals surface area contributed by atoms with Gasteiger partial charge < -0.3 is 9.47 Å². The van der Waals surface area contributed by atoms with Crippen LogP contribution in [0.3, 0.4) is 0 Å². The van der Waals surface area contributed by atoms with Crippen molar-refractivity contribution in [2.45, 2.75) is 25.9 Å². The Labute approximate surface area is 107 Å². The smallest absolute Gasteiger partial charge is 0.357 e. The molecule has 0 bridgehead atoms. The Kier molecular flexibility index (Phi) is 5.84. The molecule has 0 saturated heterocycles. The van der Waals surface area contributed by atoms with Crippen LogP contribution in [-0.4, -0.2) is 28.6 Å². The highest BCUT2D eigenvalue weighted by Gasteiger charge is 2.30. The van der Waals surface area contributed by atoms with E-state index < -0.39 is 17.7 Å². The van der Waals surface area contributed by atoms with Gasteiger partial charge in [0.25, 0.3) is 0 Å². The van der Waals surface area contributed by atoms with E-state index in [9.17, 15) is 13.2 Å². The molecule has 0 spiro atoms. The molecule has 0 fully saturated rings. The monoisotopic (exact) mass is 276 g/mol. The Morgan fingerprint density at radius 3 is 2.28 bits per heavy atom. The number of ether oxygens (including phenoxy) is 2. The average Bonchev–Trinajstić information content (AvgIpc) is 2.29. The molecule has 0 aliphatic rings. The summed E-state index contributed by atoms with van der Waals surface area (Å²) in [4.78, 5) is 0. The third-order valence-electron chi connectivity index (χ3n) is 2.11. The molecule has 1 aromatic rings. The Morgan fingerprint density at radius 1 is 1.17 bits per heavy atom. The highest BCUT2D eigenvalue weighted by Crippen LogP contribution is 2.28. The molecular formula is C12H15F3O2Si. The van der Waals surface area contributed by atoms with Gasteiger partial charge in [0.2, 0.25) is 0 Å². The third kappa shape index (κ3) is 4.79. The fourth-order valence-electron chi connectivity index (χ4n) is 1.36. The minimum atomic E-state index is -4.31. The molecule has 100 valence electrons. The fraction of sp³-hybridized carbons (Fsp3) is 0.500. The van der Waals surface area contributed by atoms with Gasteiger partial charge in [-0.3, -0.25) is 0 Å². The zero-order chi connectivity index (χ0) is 13.6. The van der Waals surface area contributed by atoms with Crippen LogP contribution in [0.5, 0.6) is 0 Å². The summed E-state index contributed by atoms with van der Waals surface area (Å²) in [5.74, 6) is -0.469. The van der Waals surface area contributed by atoms with Crippen molar-refractivity contribution >= 4 is 14.7 Å². The number of hydrogen-bond donors (Lipinski definition) is 0. The van der Waals surface area contributed by atoms with E-state index in [-0.39, 0.29) is 9.52 Å². The second-order valence-corrected chi connectivity index (χ2v) is 4.80. The molecule has 0 aliphatic carbocycles. The maximum absolute atomic E-state index is 12.5. The van der Waals surface area contributed by atoms with Crippen LogP contribution in [0.2, 0.25) is 0 Å². The number of alkyl halides is 3. The lowest BCUT2D eigenvalue weighted by atomic mass is 10.2. The third-order valence-corrected chi connectivity index (χ3v) is 3.32. The lowest BCUT2D eigenvalue weighted by Gasteiger charge is -2.16. The van der Waals surface area contributed by atoms with Crippen molar-refractivity contribution in [3.63, 3.8) is 0 Å². The van der Waals surface area contributed by atoms with Gasteiger partial charge >= 0.3 is 6.18 Å². The quantitative estimate of drug-likeness (QED) is 0.587. The second-order valence-electron chi connectivity index (χ2n) is 3.47. The van der Waals surface area contributed by atoms with Crippen molar-refractivity contribution in [2.24, 2.45) is 0 Å². The minimum absolute atomic E-state index is 0.0402. The Morgan fingerprint density at radius 2 is 1.78 bits per heavy atom. The first-order valence-corrected chi connectivity index (χ1v) is 6.72. The van der Waals surface area contributed by atoms with E-state index in [1.807, 2.05) is 13.8 Å². The highest BCUT2D eigenvalue weighted by atomic mass is 28.2. The van der Waals surface area contributed by atoms with Gasteiger partial charge in [-0.15, -0.1) is 0 Å². The zero-order valence-corrected chi connectivity index (χ0v) is 11.3. The maximum atomic E-state index is 12.5. The van der Waals surface area contributed by atoms with Gasteiger partial charge in [0.05, 0.1) is 5.56 Å². The molecule has 0 aliphatic heterocycles. The van der Waals surface area contributed by atoms with Crippen molar-refractivity contribution in [2.75, 3.05) is 13.2 Å². The molecule has 0 heterocycles. The fourth-order valence-corrected chi connectivity index (χ4v) is 2.56. The van der Waals surface area contributed by atoms with Crippen molar-refractivity contribution in [3.05, 3.63) is 29.8 Å². The van der Waals surface area contributed by atoms with Crippen LogP contribution in [0.4, 0.5) is 13.2 Å². The molecule has 0 amide bonds. The highest BCUT2D eigenvalue weighted by molar-refractivity contribution is 6.54. The van der Waals surface area contributed by atoms with E-state index in [0.29, 0.717) is 18.4 Å². The van der Waals surface area contributed by atoms with Gasteiger partial charge in [0, 0.05) is 13.2 Å². The summed E-state index contributed by atoms with van der Waals surface area (Å²) < 4.78 is 48.3. The largest absolute Gasteiger partial charge is 0.416 e. The molecule has 2 nitrogen and oxygen atoms in total. The van der Waals surface area contributed by atoms with Crippen molar-refractivity contribution < 1.29 is 22.6 Å². The van der Waals surface area contributed by atoms with Gasteiger partial charge in [0.15, 0.2) is 9.52 Å². The first-order chi connectivity index (χ1) is 8.47. The molecule has 6 heteroatoms. The summed E-state index contributed by atoms with van der Waals surface area (Å²) in [5, 5.41) is 0.580. The molecule has 18 heavy (non-hydrogen) atoms. The van der Waals surface area contributed by atoms with E-state index >= 15 is 0 Å². The van der Waals surface area contributed by atoms with Gasteiger partial charge in [-0.25, -0.2) is 0 Å². The standard InChI is InChI=1S/C12H15F3O2Si/c1-3-16-11(17-4-2)18-10-7-5-6-9(8-10)12(13,14)15/h5-8,11H,3-4H2,1-2H3. The van der Waals surface area contributed by atoms with Crippen LogP contribution in [0.1, 0.15) is 19.4 Å². The van der Waals surface area contributed by atoms with Gasteiger partial charge in [-0.2, -0.15) is 13.2 Å². The van der Waals surface area contributed by atoms with E-state index in [1.54, 1.807) is 6.07 Å². The lowest BCUT2D eigenvalue weighted by molar-refractivity contribution is -0.137. The molecule has 0 unspecified atom stereocenters. The summed E-state index contributed by atoms with van der Waals surface area (Å²) in [6.07, 6.45) is -4.31. The Bertz CT molecular complexity index is 363. The van der Waals surface area contributed by atoms with E-state index in [1.165, 1.54) is 6.07 Å². The summed E-state index contributed by atoms with van der Waals surface area (Å²) in [5.41, 5.74) is -0.640. The Balaban J connectivity index is 2.77. The molecule has 0 aromatic heterocycles. The Hall–Kier alpha value is -0.853. The molecule has 0 N–H and O–H groups in total. The molecule has 1 rings (SSSR count). The number of benzene rings is 1. The van der Waals surface area contributed by atoms with Gasteiger partial charge in [-0.1, -0.05) is 29.5 Å².